The number of urea groups is 1. The van der Waals surface area contributed by atoms with Crippen LogP contribution in [0.25, 0.3) is 0 Å². The van der Waals surface area contributed by atoms with Gasteiger partial charge in [0.25, 0.3) is 5.91 Å². The average molecular weight is 294 g/mol. The van der Waals surface area contributed by atoms with Crippen LogP contribution in [0, 0.1) is 23.3 Å². The number of benzene rings is 1. The molecular formula is C11H10F4N2O3. The highest BCUT2D eigenvalue weighted by Gasteiger charge is 2.25. The molecule has 0 aliphatic carbocycles. The molecule has 1 atom stereocenters. The molecule has 0 aliphatic heterocycles. The molecule has 0 saturated heterocycles. The molecule has 110 valence electrons. The first-order chi connectivity index (χ1) is 9.27. The lowest BCUT2D eigenvalue weighted by atomic mass is 10.2. The van der Waals surface area contributed by atoms with Crippen molar-refractivity contribution in [3.63, 3.8) is 0 Å². The number of ether oxygens (including phenoxy) is 1. The summed E-state index contributed by atoms with van der Waals surface area (Å²) in [4.78, 5) is 22.2. The van der Waals surface area contributed by atoms with Crippen molar-refractivity contribution in [1.82, 2.24) is 10.6 Å². The smallest absolute Gasteiger partial charge is 0.321 e. The van der Waals surface area contributed by atoms with E-state index in [-0.39, 0.29) is 6.07 Å². The molecule has 1 aromatic rings. The molecule has 9 heteroatoms. The zero-order valence-corrected chi connectivity index (χ0v) is 10.4. The van der Waals surface area contributed by atoms with Crippen molar-refractivity contribution in [3.05, 3.63) is 29.3 Å². The highest BCUT2D eigenvalue weighted by Crippen LogP contribution is 2.27. The Morgan fingerprint density at radius 2 is 1.65 bits per heavy atom. The third kappa shape index (κ3) is 3.37. The molecule has 0 radical (unpaired) electrons. The highest BCUT2D eigenvalue weighted by molar-refractivity contribution is 5.96. The zero-order valence-electron chi connectivity index (χ0n) is 10.4. The largest absolute Gasteiger partial charge is 0.474 e. The van der Waals surface area contributed by atoms with Crippen molar-refractivity contribution in [2.75, 3.05) is 7.05 Å². The summed E-state index contributed by atoms with van der Waals surface area (Å²) in [5.74, 6) is -9.31. The summed E-state index contributed by atoms with van der Waals surface area (Å²) < 4.78 is 56.9. The molecule has 0 heterocycles. The van der Waals surface area contributed by atoms with Crippen molar-refractivity contribution in [2.24, 2.45) is 0 Å². The number of rotatable bonds is 3. The third-order valence-corrected chi connectivity index (χ3v) is 2.20. The second kappa shape index (κ2) is 6.22. The molecule has 0 saturated carbocycles. The van der Waals surface area contributed by atoms with Gasteiger partial charge in [0, 0.05) is 13.1 Å². The van der Waals surface area contributed by atoms with E-state index < -0.39 is 47.1 Å². The molecule has 0 aliphatic rings. The zero-order chi connectivity index (χ0) is 15.4. The number of carbonyl (C=O) groups is 2. The number of carbonyl (C=O) groups excluding carboxylic acids is 2. The maximum absolute atomic E-state index is 13.3. The van der Waals surface area contributed by atoms with E-state index in [1.54, 1.807) is 5.32 Å². The number of amides is 3. The number of imide groups is 1. The van der Waals surface area contributed by atoms with Crippen LogP contribution in [-0.2, 0) is 4.79 Å². The Labute approximate surface area is 110 Å². The maximum Gasteiger partial charge on any atom is 0.321 e. The van der Waals surface area contributed by atoms with Gasteiger partial charge in [0.1, 0.15) is 0 Å². The number of hydrogen-bond acceptors (Lipinski definition) is 3. The second-order valence-electron chi connectivity index (χ2n) is 3.63. The summed E-state index contributed by atoms with van der Waals surface area (Å²) in [6.07, 6.45) is -1.56. The fourth-order valence-corrected chi connectivity index (χ4v) is 1.16. The third-order valence-electron chi connectivity index (χ3n) is 2.20. The van der Waals surface area contributed by atoms with Crippen LogP contribution in [0.2, 0.25) is 0 Å². The first-order valence-corrected chi connectivity index (χ1v) is 5.30. The minimum absolute atomic E-state index is 0.00674. The van der Waals surface area contributed by atoms with Gasteiger partial charge < -0.3 is 10.1 Å². The molecule has 1 rings (SSSR count). The van der Waals surface area contributed by atoms with Crippen molar-refractivity contribution in [3.8, 4) is 5.75 Å². The van der Waals surface area contributed by atoms with Gasteiger partial charge in [0.05, 0.1) is 0 Å². The molecule has 0 aromatic heterocycles. The van der Waals surface area contributed by atoms with Gasteiger partial charge in [-0.1, -0.05) is 0 Å². The van der Waals surface area contributed by atoms with E-state index >= 15 is 0 Å². The van der Waals surface area contributed by atoms with E-state index in [0.717, 1.165) is 6.92 Å². The van der Waals surface area contributed by atoms with E-state index in [2.05, 4.69) is 10.1 Å². The molecule has 1 unspecified atom stereocenters. The van der Waals surface area contributed by atoms with Crippen LogP contribution in [0.4, 0.5) is 22.4 Å². The van der Waals surface area contributed by atoms with Gasteiger partial charge in [-0.05, 0) is 6.92 Å². The predicted octanol–water partition coefficient (Wildman–Crippen LogP) is 1.47. The van der Waals surface area contributed by atoms with E-state index in [4.69, 9.17) is 0 Å². The van der Waals surface area contributed by atoms with Gasteiger partial charge in [-0.15, -0.1) is 0 Å². The number of halogens is 4. The van der Waals surface area contributed by atoms with Gasteiger partial charge >= 0.3 is 6.03 Å². The molecule has 0 fully saturated rings. The predicted molar refractivity (Wildman–Crippen MR) is 59.0 cm³/mol. The summed E-state index contributed by atoms with van der Waals surface area (Å²) >= 11 is 0. The lowest BCUT2D eigenvalue weighted by Gasteiger charge is -2.15. The van der Waals surface area contributed by atoms with Gasteiger partial charge in [0.15, 0.2) is 23.5 Å². The number of nitrogens with one attached hydrogen (secondary N) is 2. The van der Waals surface area contributed by atoms with Crippen molar-refractivity contribution in [2.45, 2.75) is 13.0 Å². The number of hydrogen-bond donors (Lipinski definition) is 2. The molecular weight excluding hydrogens is 284 g/mol. The molecule has 20 heavy (non-hydrogen) atoms. The first kappa shape index (κ1) is 15.7. The van der Waals surface area contributed by atoms with Crippen LogP contribution in [0.1, 0.15) is 6.92 Å². The van der Waals surface area contributed by atoms with Crippen molar-refractivity contribution >= 4 is 11.9 Å². The lowest BCUT2D eigenvalue weighted by Crippen LogP contribution is -2.44. The van der Waals surface area contributed by atoms with Gasteiger partial charge in [-0.25, -0.2) is 13.6 Å². The van der Waals surface area contributed by atoms with Crippen LogP contribution in [0.15, 0.2) is 6.07 Å². The van der Waals surface area contributed by atoms with Gasteiger partial charge in [-0.3, -0.25) is 10.1 Å². The quantitative estimate of drug-likeness (QED) is 0.655. The average Bonchev–Trinajstić information content (AvgIpc) is 2.40. The van der Waals surface area contributed by atoms with Crippen LogP contribution < -0.4 is 15.4 Å². The summed E-state index contributed by atoms with van der Waals surface area (Å²) in [6.45, 7) is 1.04. The molecule has 0 bridgehead atoms. The minimum Gasteiger partial charge on any atom is -0.474 e. The lowest BCUT2D eigenvalue weighted by molar-refractivity contribution is -0.126. The van der Waals surface area contributed by atoms with Crippen LogP contribution in [0.3, 0.4) is 0 Å². The second-order valence-corrected chi connectivity index (χ2v) is 3.63. The molecule has 0 spiro atoms. The van der Waals surface area contributed by atoms with Crippen molar-refractivity contribution in [1.29, 1.82) is 0 Å². The monoisotopic (exact) mass is 294 g/mol. The highest BCUT2D eigenvalue weighted by atomic mass is 19.2. The van der Waals surface area contributed by atoms with Gasteiger partial charge in [-0.2, -0.15) is 8.78 Å². The Balaban J connectivity index is 2.93. The minimum atomic E-state index is -1.77. The topological polar surface area (TPSA) is 67.4 Å². The summed E-state index contributed by atoms with van der Waals surface area (Å²) in [6, 6.07) is -0.871. The summed E-state index contributed by atoms with van der Waals surface area (Å²) in [5, 5.41) is 3.83. The normalized spacial score (nSPS) is 11.7. The maximum atomic E-state index is 13.3. The summed E-state index contributed by atoms with van der Waals surface area (Å²) in [7, 11) is 1.23. The van der Waals surface area contributed by atoms with E-state index in [1.807, 2.05) is 0 Å². The van der Waals surface area contributed by atoms with Crippen LogP contribution >= 0.6 is 0 Å². The fraction of sp³-hybridized carbons (Fsp3) is 0.273. The Morgan fingerprint density at radius 3 is 2.10 bits per heavy atom. The standard InChI is InChI=1S/C11H10F4N2O3/c1-4(10(18)17-11(19)16-2)20-9-7(14)5(12)3-6(13)8(9)15/h3-4H,1-2H3,(H2,16,17,18,19). The SMILES string of the molecule is CNC(=O)NC(=O)C(C)Oc1c(F)c(F)cc(F)c1F. The molecule has 5 nitrogen and oxygen atoms in total. The molecule has 1 aromatic carbocycles. The van der Waals surface area contributed by atoms with Crippen LogP contribution in [-0.4, -0.2) is 25.1 Å². The fourth-order valence-electron chi connectivity index (χ4n) is 1.16. The molecule has 3 amide bonds. The summed E-state index contributed by atoms with van der Waals surface area (Å²) in [5.41, 5.74) is 0. The van der Waals surface area contributed by atoms with E-state index in [0.29, 0.717) is 0 Å². The first-order valence-electron chi connectivity index (χ1n) is 5.30. The van der Waals surface area contributed by atoms with E-state index in [1.165, 1.54) is 7.05 Å². The van der Waals surface area contributed by atoms with Crippen molar-refractivity contribution < 1.29 is 31.9 Å². The van der Waals surface area contributed by atoms with E-state index in [9.17, 15) is 27.2 Å². The Kier molecular flexibility index (Phi) is 4.89. The molecule has 2 N–H and O–H groups in total. The Bertz CT molecular complexity index is 525. The Morgan fingerprint density at radius 1 is 1.15 bits per heavy atom. The van der Waals surface area contributed by atoms with Gasteiger partial charge in [0.2, 0.25) is 11.6 Å². The van der Waals surface area contributed by atoms with Crippen LogP contribution in [0.5, 0.6) is 5.75 Å². The Hall–Kier alpha value is -2.32.